The van der Waals surface area contributed by atoms with Gasteiger partial charge in [0.2, 0.25) is 5.95 Å². The quantitative estimate of drug-likeness (QED) is 0.485. The fraction of sp³-hybridized carbons (Fsp3) is 0.320. The van der Waals surface area contributed by atoms with E-state index in [0.717, 1.165) is 5.56 Å². The van der Waals surface area contributed by atoms with E-state index in [1.807, 2.05) is 70.2 Å². The Morgan fingerprint density at radius 3 is 2.47 bits per heavy atom. The van der Waals surface area contributed by atoms with Crippen molar-refractivity contribution in [1.82, 2.24) is 14.8 Å². The third kappa shape index (κ3) is 4.54. The number of ether oxygens (including phenoxy) is 3. The topological polar surface area (TPSA) is 99.5 Å². The van der Waals surface area contributed by atoms with Gasteiger partial charge in [-0.25, -0.2) is 4.68 Å². The van der Waals surface area contributed by atoms with Crippen molar-refractivity contribution in [2.75, 3.05) is 30.5 Å². The van der Waals surface area contributed by atoms with Crippen molar-refractivity contribution in [3.63, 3.8) is 0 Å². The van der Waals surface area contributed by atoms with Crippen LogP contribution in [0.25, 0.3) is 0 Å². The molecule has 1 aliphatic rings. The molecule has 9 nitrogen and oxygen atoms in total. The Kier molecular flexibility index (Phi) is 7.01. The van der Waals surface area contributed by atoms with E-state index in [1.54, 1.807) is 4.68 Å². The van der Waals surface area contributed by atoms with Crippen molar-refractivity contribution < 1.29 is 19.0 Å². The molecule has 1 atom stereocenters. The monoisotopic (exact) mass is 463 g/mol. The molecule has 1 amide bonds. The zero-order chi connectivity index (χ0) is 24.1. The summed E-state index contributed by atoms with van der Waals surface area (Å²) in [7, 11) is 0. The number of carbonyl (C=O) groups excluding carboxylic acids is 1. The number of hydrogen-bond acceptors (Lipinski definition) is 7. The van der Waals surface area contributed by atoms with Gasteiger partial charge in [-0.15, -0.1) is 0 Å². The van der Waals surface area contributed by atoms with Gasteiger partial charge in [-0.1, -0.05) is 18.2 Å². The molecule has 2 aromatic carbocycles. The van der Waals surface area contributed by atoms with Crippen molar-refractivity contribution in [3.05, 3.63) is 65.6 Å². The van der Waals surface area contributed by atoms with Crippen LogP contribution in [0.5, 0.6) is 17.2 Å². The number of para-hydroxylation sites is 2. The van der Waals surface area contributed by atoms with Gasteiger partial charge in [0.1, 0.15) is 18.1 Å². The fourth-order valence-corrected chi connectivity index (χ4v) is 3.97. The average molecular weight is 464 g/mol. The van der Waals surface area contributed by atoms with Crippen LogP contribution >= 0.6 is 0 Å². The van der Waals surface area contributed by atoms with Crippen LogP contribution in [0.15, 0.2) is 60.1 Å². The first-order valence-electron chi connectivity index (χ1n) is 11.4. The van der Waals surface area contributed by atoms with Crippen molar-refractivity contribution in [2.45, 2.75) is 33.7 Å². The third-order valence-electron chi connectivity index (χ3n) is 5.36. The summed E-state index contributed by atoms with van der Waals surface area (Å²) in [4.78, 5) is 18.0. The minimum absolute atomic E-state index is 0.268. The van der Waals surface area contributed by atoms with Crippen LogP contribution in [0.1, 0.15) is 39.3 Å². The summed E-state index contributed by atoms with van der Waals surface area (Å²) in [6, 6.07) is 12.5. The summed E-state index contributed by atoms with van der Waals surface area (Å²) in [5.41, 5.74) is 2.61. The van der Waals surface area contributed by atoms with E-state index in [-0.39, 0.29) is 5.91 Å². The summed E-state index contributed by atoms with van der Waals surface area (Å²) in [5.74, 6) is 2.16. The number of anilines is 2. The van der Waals surface area contributed by atoms with Crippen LogP contribution in [-0.4, -0.2) is 40.5 Å². The Bertz CT molecular complexity index is 1200. The Hall–Kier alpha value is -4.01. The molecule has 0 radical (unpaired) electrons. The van der Waals surface area contributed by atoms with Crippen LogP contribution in [-0.2, 0) is 4.79 Å². The molecule has 4 rings (SSSR count). The lowest BCUT2D eigenvalue weighted by Gasteiger charge is -2.29. The van der Waals surface area contributed by atoms with E-state index in [1.165, 1.54) is 6.33 Å². The maximum Gasteiger partial charge on any atom is 0.255 e. The molecular weight excluding hydrogens is 434 g/mol. The van der Waals surface area contributed by atoms with Gasteiger partial charge < -0.3 is 24.8 Å². The minimum atomic E-state index is -0.520. The lowest BCUT2D eigenvalue weighted by atomic mass is 9.94. The minimum Gasteiger partial charge on any atom is -0.492 e. The number of hydrogen-bond donors (Lipinski definition) is 2. The maximum atomic E-state index is 13.6. The molecule has 9 heteroatoms. The highest BCUT2D eigenvalue weighted by Gasteiger charge is 2.34. The molecule has 0 saturated carbocycles. The lowest BCUT2D eigenvalue weighted by molar-refractivity contribution is -0.113. The SMILES string of the molecule is CCOc1ccccc1NC(=O)C1=C(C)Nc2ncnn2C1c1ccc(OCC)c(OCC)c1. The highest BCUT2D eigenvalue weighted by Crippen LogP contribution is 2.39. The van der Waals surface area contributed by atoms with Gasteiger partial charge in [0, 0.05) is 5.70 Å². The Labute approximate surface area is 198 Å². The largest absolute Gasteiger partial charge is 0.492 e. The van der Waals surface area contributed by atoms with Crippen LogP contribution in [0.2, 0.25) is 0 Å². The zero-order valence-corrected chi connectivity index (χ0v) is 19.8. The second kappa shape index (κ2) is 10.3. The van der Waals surface area contributed by atoms with Crippen LogP contribution < -0.4 is 24.8 Å². The number of benzene rings is 2. The molecule has 1 aromatic heterocycles. The van der Waals surface area contributed by atoms with Gasteiger partial charge >= 0.3 is 0 Å². The number of carbonyl (C=O) groups is 1. The van der Waals surface area contributed by atoms with E-state index >= 15 is 0 Å². The second-order valence-electron chi connectivity index (χ2n) is 7.55. The zero-order valence-electron chi connectivity index (χ0n) is 19.8. The number of rotatable bonds is 9. The molecule has 0 bridgehead atoms. The fourth-order valence-electron chi connectivity index (χ4n) is 3.97. The molecule has 0 saturated heterocycles. The van der Waals surface area contributed by atoms with E-state index in [0.29, 0.717) is 60.0 Å². The summed E-state index contributed by atoms with van der Waals surface area (Å²) in [6.45, 7) is 9.10. The van der Waals surface area contributed by atoms with Crippen molar-refractivity contribution in [3.8, 4) is 17.2 Å². The third-order valence-corrected chi connectivity index (χ3v) is 5.36. The maximum absolute atomic E-state index is 13.6. The van der Waals surface area contributed by atoms with E-state index in [9.17, 15) is 4.79 Å². The first-order valence-corrected chi connectivity index (χ1v) is 11.4. The molecule has 1 aliphatic heterocycles. The van der Waals surface area contributed by atoms with E-state index in [2.05, 4.69) is 20.7 Å². The standard InChI is InChI=1S/C25H29N5O4/c1-5-32-19-11-9-8-10-18(19)29-24(31)22-16(4)28-25-26-15-27-30(25)23(22)17-12-13-20(33-6-2)21(14-17)34-7-3/h8-15,23H,5-7H2,1-4H3,(H,29,31)(H,26,27,28). The van der Waals surface area contributed by atoms with Gasteiger partial charge in [0.05, 0.1) is 31.1 Å². The number of fused-ring (bicyclic) bond motifs is 1. The Morgan fingerprint density at radius 2 is 1.71 bits per heavy atom. The predicted molar refractivity (Wildman–Crippen MR) is 130 cm³/mol. The lowest BCUT2D eigenvalue weighted by Crippen LogP contribution is -2.31. The van der Waals surface area contributed by atoms with Gasteiger partial charge in [-0.05, 0) is 57.5 Å². The number of nitrogens with zero attached hydrogens (tertiary/aromatic N) is 3. The molecule has 2 N–H and O–H groups in total. The molecule has 1 unspecified atom stereocenters. The summed E-state index contributed by atoms with van der Waals surface area (Å²) in [6.07, 6.45) is 1.46. The molecule has 3 aromatic rings. The Morgan fingerprint density at radius 1 is 1.00 bits per heavy atom. The van der Waals surface area contributed by atoms with Crippen LogP contribution in [0.3, 0.4) is 0 Å². The number of amides is 1. The normalized spacial score (nSPS) is 14.8. The van der Waals surface area contributed by atoms with E-state index < -0.39 is 6.04 Å². The molecule has 2 heterocycles. The van der Waals surface area contributed by atoms with Gasteiger partial charge in [-0.3, -0.25) is 4.79 Å². The van der Waals surface area contributed by atoms with Crippen LogP contribution in [0.4, 0.5) is 11.6 Å². The molecule has 34 heavy (non-hydrogen) atoms. The highest BCUT2D eigenvalue weighted by molar-refractivity contribution is 6.06. The van der Waals surface area contributed by atoms with Crippen LogP contribution in [0, 0.1) is 0 Å². The summed E-state index contributed by atoms with van der Waals surface area (Å²) >= 11 is 0. The highest BCUT2D eigenvalue weighted by atomic mass is 16.5. The number of aromatic nitrogens is 3. The van der Waals surface area contributed by atoms with Gasteiger partial charge in [0.15, 0.2) is 11.5 Å². The smallest absolute Gasteiger partial charge is 0.255 e. The second-order valence-corrected chi connectivity index (χ2v) is 7.55. The average Bonchev–Trinajstić information content (AvgIpc) is 3.29. The molecule has 178 valence electrons. The summed E-state index contributed by atoms with van der Waals surface area (Å²) < 4.78 is 18.9. The van der Waals surface area contributed by atoms with Crippen molar-refractivity contribution in [1.29, 1.82) is 0 Å². The molecule has 0 aliphatic carbocycles. The first-order chi connectivity index (χ1) is 16.6. The van der Waals surface area contributed by atoms with Gasteiger partial charge in [0.25, 0.3) is 5.91 Å². The number of allylic oxidation sites excluding steroid dienone is 1. The molecule has 0 spiro atoms. The first kappa shape index (κ1) is 23.2. The summed E-state index contributed by atoms with van der Waals surface area (Å²) in [5, 5.41) is 10.6. The molecule has 0 fully saturated rings. The number of nitrogens with one attached hydrogen (secondary N) is 2. The van der Waals surface area contributed by atoms with E-state index in [4.69, 9.17) is 14.2 Å². The van der Waals surface area contributed by atoms with Crippen molar-refractivity contribution >= 4 is 17.5 Å². The van der Waals surface area contributed by atoms with Gasteiger partial charge in [-0.2, -0.15) is 10.1 Å². The van der Waals surface area contributed by atoms with Crippen molar-refractivity contribution in [2.24, 2.45) is 0 Å². The predicted octanol–water partition coefficient (Wildman–Crippen LogP) is 4.40. The Balaban J connectivity index is 1.76. The molecular formula is C25H29N5O4.